The highest BCUT2D eigenvalue weighted by Crippen LogP contribution is 1.99. The third-order valence-electron chi connectivity index (χ3n) is 1.93. The van der Waals surface area contributed by atoms with Gasteiger partial charge >= 0.3 is 5.97 Å². The Morgan fingerprint density at radius 2 is 2.08 bits per heavy atom. The Morgan fingerprint density at radius 1 is 1.54 bits per heavy atom. The van der Waals surface area contributed by atoms with Gasteiger partial charge in [0.1, 0.15) is 0 Å². The molecular formula is C8H17NO4. The second kappa shape index (κ2) is 5.90. The van der Waals surface area contributed by atoms with E-state index < -0.39 is 12.1 Å². The lowest BCUT2D eigenvalue weighted by molar-refractivity contribution is -0.139. The van der Waals surface area contributed by atoms with Crippen molar-refractivity contribution in [2.24, 2.45) is 0 Å². The Morgan fingerprint density at radius 3 is 2.46 bits per heavy atom. The standard InChI is InChI=1S/C8H17NO4/c1-6(5-10)9(2)4-7(11)3-8(12)13/h6-7,10-11H,3-5H2,1-2H3,(H,12,13). The summed E-state index contributed by atoms with van der Waals surface area (Å²) in [4.78, 5) is 11.9. The third-order valence-corrected chi connectivity index (χ3v) is 1.93. The Kier molecular flexibility index (Phi) is 5.61. The molecule has 0 aliphatic carbocycles. The number of aliphatic hydroxyl groups is 2. The van der Waals surface area contributed by atoms with Crippen LogP contribution in [-0.4, -0.2) is 58.5 Å². The van der Waals surface area contributed by atoms with E-state index in [4.69, 9.17) is 10.2 Å². The van der Waals surface area contributed by atoms with Crippen molar-refractivity contribution < 1.29 is 20.1 Å². The van der Waals surface area contributed by atoms with Crippen molar-refractivity contribution in [1.82, 2.24) is 4.90 Å². The summed E-state index contributed by atoms with van der Waals surface area (Å²) in [5.74, 6) is -1.02. The van der Waals surface area contributed by atoms with Gasteiger partial charge in [-0.15, -0.1) is 0 Å². The molecule has 0 aromatic carbocycles. The molecule has 5 nitrogen and oxygen atoms in total. The van der Waals surface area contributed by atoms with E-state index in [1.807, 2.05) is 0 Å². The van der Waals surface area contributed by atoms with E-state index in [9.17, 15) is 9.90 Å². The van der Waals surface area contributed by atoms with Crippen molar-refractivity contribution in [3.63, 3.8) is 0 Å². The van der Waals surface area contributed by atoms with Crippen LogP contribution in [0.1, 0.15) is 13.3 Å². The number of aliphatic hydroxyl groups excluding tert-OH is 2. The van der Waals surface area contributed by atoms with Crippen molar-refractivity contribution >= 4 is 5.97 Å². The first-order chi connectivity index (χ1) is 5.97. The van der Waals surface area contributed by atoms with Crippen LogP contribution >= 0.6 is 0 Å². The average molecular weight is 191 g/mol. The highest BCUT2D eigenvalue weighted by Gasteiger charge is 2.15. The summed E-state index contributed by atoms with van der Waals surface area (Å²) in [5, 5.41) is 26.4. The summed E-state index contributed by atoms with van der Waals surface area (Å²) in [6.45, 7) is 2.05. The molecule has 2 unspecified atom stereocenters. The van der Waals surface area contributed by atoms with Crippen LogP contribution in [0.3, 0.4) is 0 Å². The number of rotatable bonds is 6. The van der Waals surface area contributed by atoms with Crippen LogP contribution in [0.4, 0.5) is 0 Å². The molecule has 5 heteroatoms. The number of hydrogen-bond donors (Lipinski definition) is 3. The predicted molar refractivity (Wildman–Crippen MR) is 47.4 cm³/mol. The monoisotopic (exact) mass is 191 g/mol. The minimum Gasteiger partial charge on any atom is -0.481 e. The van der Waals surface area contributed by atoms with Crippen molar-refractivity contribution in [2.75, 3.05) is 20.2 Å². The summed E-state index contributed by atoms with van der Waals surface area (Å²) in [6.07, 6.45) is -1.14. The first kappa shape index (κ1) is 12.3. The minimum absolute atomic E-state index is 0.00368. The van der Waals surface area contributed by atoms with Crippen LogP contribution in [0.15, 0.2) is 0 Å². The maximum atomic E-state index is 10.2. The molecule has 0 rings (SSSR count). The fourth-order valence-corrected chi connectivity index (χ4v) is 0.918. The number of carbonyl (C=O) groups is 1. The van der Waals surface area contributed by atoms with Crippen LogP contribution in [-0.2, 0) is 4.79 Å². The summed E-state index contributed by atoms with van der Waals surface area (Å²) in [7, 11) is 1.73. The summed E-state index contributed by atoms with van der Waals surface area (Å²) in [5.41, 5.74) is 0. The van der Waals surface area contributed by atoms with E-state index in [1.54, 1.807) is 18.9 Å². The van der Waals surface area contributed by atoms with Crippen LogP contribution in [0.5, 0.6) is 0 Å². The van der Waals surface area contributed by atoms with E-state index in [2.05, 4.69) is 0 Å². The molecule has 0 spiro atoms. The number of carboxylic acids is 1. The van der Waals surface area contributed by atoms with Gasteiger partial charge in [0.05, 0.1) is 19.1 Å². The molecule has 2 atom stereocenters. The largest absolute Gasteiger partial charge is 0.481 e. The van der Waals surface area contributed by atoms with Gasteiger partial charge in [0.15, 0.2) is 0 Å². The van der Waals surface area contributed by atoms with Crippen molar-refractivity contribution in [1.29, 1.82) is 0 Å². The maximum Gasteiger partial charge on any atom is 0.306 e. The summed E-state index contributed by atoms with van der Waals surface area (Å²) >= 11 is 0. The lowest BCUT2D eigenvalue weighted by Gasteiger charge is -2.24. The summed E-state index contributed by atoms with van der Waals surface area (Å²) < 4.78 is 0. The molecule has 0 amide bonds. The van der Waals surface area contributed by atoms with Gasteiger partial charge in [0, 0.05) is 12.6 Å². The number of hydrogen-bond acceptors (Lipinski definition) is 4. The first-order valence-corrected chi connectivity index (χ1v) is 4.18. The zero-order valence-electron chi connectivity index (χ0n) is 7.97. The fourth-order valence-electron chi connectivity index (χ4n) is 0.918. The molecule has 13 heavy (non-hydrogen) atoms. The van der Waals surface area contributed by atoms with Gasteiger partial charge in [0.25, 0.3) is 0 Å². The third kappa shape index (κ3) is 5.57. The van der Waals surface area contributed by atoms with Crippen LogP contribution in [0.25, 0.3) is 0 Å². The van der Waals surface area contributed by atoms with Crippen molar-refractivity contribution in [2.45, 2.75) is 25.5 Å². The highest BCUT2D eigenvalue weighted by molar-refractivity contribution is 5.67. The summed E-state index contributed by atoms with van der Waals surface area (Å²) in [6, 6.07) is -0.0663. The number of nitrogens with zero attached hydrogens (tertiary/aromatic N) is 1. The van der Waals surface area contributed by atoms with Gasteiger partial charge in [-0.3, -0.25) is 9.69 Å². The molecule has 0 bridgehead atoms. The number of carboxylic acid groups (broad SMARTS) is 1. The zero-order valence-corrected chi connectivity index (χ0v) is 7.97. The van der Waals surface area contributed by atoms with Gasteiger partial charge in [-0.1, -0.05) is 0 Å². The fraction of sp³-hybridized carbons (Fsp3) is 0.875. The Hall–Kier alpha value is -0.650. The Labute approximate surface area is 77.6 Å². The lowest BCUT2D eigenvalue weighted by atomic mass is 10.2. The number of aliphatic carboxylic acids is 1. The molecule has 0 aliphatic rings. The normalized spacial score (nSPS) is 15.8. The quantitative estimate of drug-likeness (QED) is 0.508. The average Bonchev–Trinajstić information content (AvgIpc) is 2.01. The SMILES string of the molecule is CC(CO)N(C)CC(O)CC(=O)O. The first-order valence-electron chi connectivity index (χ1n) is 4.18. The van der Waals surface area contributed by atoms with Crippen LogP contribution in [0.2, 0.25) is 0 Å². The zero-order chi connectivity index (χ0) is 10.4. The van der Waals surface area contributed by atoms with E-state index in [0.29, 0.717) is 0 Å². The predicted octanol–water partition coefficient (Wildman–Crippen LogP) is -0.865. The Balaban J connectivity index is 3.76. The number of likely N-dealkylation sites (N-methyl/N-ethyl adjacent to an activating group) is 1. The molecule has 0 aromatic heterocycles. The second-order valence-electron chi connectivity index (χ2n) is 3.22. The molecule has 0 fully saturated rings. The van der Waals surface area contributed by atoms with E-state index in [0.717, 1.165) is 0 Å². The molecular weight excluding hydrogens is 174 g/mol. The molecule has 0 aromatic rings. The Bertz CT molecular complexity index is 162. The molecule has 0 saturated carbocycles. The smallest absolute Gasteiger partial charge is 0.306 e. The molecule has 0 radical (unpaired) electrons. The molecule has 0 saturated heterocycles. The van der Waals surface area contributed by atoms with E-state index in [-0.39, 0.29) is 25.6 Å². The van der Waals surface area contributed by atoms with E-state index >= 15 is 0 Å². The van der Waals surface area contributed by atoms with Gasteiger partial charge in [-0.2, -0.15) is 0 Å². The molecule has 0 heterocycles. The van der Waals surface area contributed by atoms with Crippen molar-refractivity contribution in [3.05, 3.63) is 0 Å². The molecule has 0 aliphatic heterocycles. The van der Waals surface area contributed by atoms with Gasteiger partial charge in [-0.25, -0.2) is 0 Å². The maximum absolute atomic E-state index is 10.2. The van der Waals surface area contributed by atoms with Crippen molar-refractivity contribution in [3.8, 4) is 0 Å². The van der Waals surface area contributed by atoms with Crippen LogP contribution in [0, 0.1) is 0 Å². The lowest BCUT2D eigenvalue weighted by Crippen LogP contribution is -2.38. The molecule has 3 N–H and O–H groups in total. The van der Waals surface area contributed by atoms with Gasteiger partial charge in [0.2, 0.25) is 0 Å². The topological polar surface area (TPSA) is 81.0 Å². The molecule has 78 valence electrons. The minimum atomic E-state index is -1.02. The van der Waals surface area contributed by atoms with Gasteiger partial charge in [-0.05, 0) is 14.0 Å². The van der Waals surface area contributed by atoms with Gasteiger partial charge < -0.3 is 15.3 Å². The highest BCUT2D eigenvalue weighted by atomic mass is 16.4. The van der Waals surface area contributed by atoms with E-state index in [1.165, 1.54) is 0 Å². The second-order valence-corrected chi connectivity index (χ2v) is 3.22. The van der Waals surface area contributed by atoms with Crippen LogP contribution < -0.4 is 0 Å².